The number of anilines is 1. The summed E-state index contributed by atoms with van der Waals surface area (Å²) >= 11 is 0. The van der Waals surface area contributed by atoms with Crippen molar-refractivity contribution in [2.24, 2.45) is 0 Å². The third-order valence-corrected chi connectivity index (χ3v) is 4.81. The van der Waals surface area contributed by atoms with Crippen LogP contribution >= 0.6 is 0 Å². The molecule has 0 radical (unpaired) electrons. The summed E-state index contributed by atoms with van der Waals surface area (Å²) in [5.41, 5.74) is 1.82. The first kappa shape index (κ1) is 12.3. The number of aromatic nitrogens is 2. The van der Waals surface area contributed by atoms with Gasteiger partial charge in [-0.1, -0.05) is 0 Å². The molecule has 1 fully saturated rings. The van der Waals surface area contributed by atoms with E-state index in [0.29, 0.717) is 12.8 Å². The van der Waals surface area contributed by atoms with Gasteiger partial charge in [-0.05, 0) is 26.7 Å². The minimum Gasteiger partial charge on any atom is -0.366 e. The molecule has 0 spiro atoms. The van der Waals surface area contributed by atoms with Gasteiger partial charge < -0.3 is 5.32 Å². The molecular formula is C11H17N3O2S. The summed E-state index contributed by atoms with van der Waals surface area (Å²) in [7, 11) is -2.80. The molecular weight excluding hydrogens is 238 g/mol. The second-order valence-corrected chi connectivity index (χ2v) is 6.80. The lowest BCUT2D eigenvalue weighted by molar-refractivity contribution is 0.559. The normalized spacial score (nSPS) is 20.1. The SMILES string of the molecule is Cc1ncc(NC2CCS(=O)(=O)CC2)nc1C. The highest BCUT2D eigenvalue weighted by atomic mass is 32.2. The smallest absolute Gasteiger partial charge is 0.150 e. The quantitative estimate of drug-likeness (QED) is 0.856. The highest BCUT2D eigenvalue weighted by Gasteiger charge is 2.23. The Morgan fingerprint density at radius 2 is 1.88 bits per heavy atom. The first-order valence-corrected chi connectivity index (χ1v) is 7.55. The molecule has 0 amide bonds. The Hall–Kier alpha value is -1.17. The second-order valence-electron chi connectivity index (χ2n) is 4.50. The average molecular weight is 255 g/mol. The molecule has 94 valence electrons. The van der Waals surface area contributed by atoms with Crippen molar-refractivity contribution in [1.82, 2.24) is 9.97 Å². The molecule has 17 heavy (non-hydrogen) atoms. The standard InChI is InChI=1S/C11H17N3O2S/c1-8-9(2)13-11(7-12-8)14-10-3-5-17(15,16)6-4-10/h7,10H,3-6H2,1-2H3,(H,13,14). The summed E-state index contributed by atoms with van der Waals surface area (Å²) in [6.45, 7) is 3.83. The van der Waals surface area contributed by atoms with Gasteiger partial charge in [0.05, 0.1) is 29.1 Å². The molecule has 0 saturated carbocycles. The van der Waals surface area contributed by atoms with Crippen molar-refractivity contribution in [2.45, 2.75) is 32.7 Å². The summed E-state index contributed by atoms with van der Waals surface area (Å²) in [5.74, 6) is 1.27. The first-order chi connectivity index (χ1) is 7.96. The van der Waals surface area contributed by atoms with Gasteiger partial charge in [0.1, 0.15) is 15.7 Å². The molecule has 0 bridgehead atoms. The maximum Gasteiger partial charge on any atom is 0.150 e. The van der Waals surface area contributed by atoms with Gasteiger partial charge in [0.25, 0.3) is 0 Å². The lowest BCUT2D eigenvalue weighted by Gasteiger charge is -2.23. The van der Waals surface area contributed by atoms with Crippen molar-refractivity contribution in [3.63, 3.8) is 0 Å². The molecule has 0 atom stereocenters. The maximum atomic E-state index is 11.3. The van der Waals surface area contributed by atoms with Crippen molar-refractivity contribution in [1.29, 1.82) is 0 Å². The molecule has 6 heteroatoms. The number of aryl methyl sites for hydroxylation is 2. The lowest BCUT2D eigenvalue weighted by atomic mass is 10.1. The van der Waals surface area contributed by atoms with Gasteiger partial charge in [-0.2, -0.15) is 0 Å². The van der Waals surface area contributed by atoms with E-state index in [4.69, 9.17) is 0 Å². The van der Waals surface area contributed by atoms with Gasteiger partial charge in [0.15, 0.2) is 0 Å². The van der Waals surface area contributed by atoms with Gasteiger partial charge in [0.2, 0.25) is 0 Å². The van der Waals surface area contributed by atoms with Crippen LogP contribution in [0.5, 0.6) is 0 Å². The van der Waals surface area contributed by atoms with Crippen LogP contribution in [0.25, 0.3) is 0 Å². The lowest BCUT2D eigenvalue weighted by Crippen LogP contribution is -2.32. The minimum atomic E-state index is -2.80. The molecule has 1 saturated heterocycles. The summed E-state index contributed by atoms with van der Waals surface area (Å²) in [5, 5.41) is 3.25. The Bertz CT molecular complexity index is 499. The van der Waals surface area contributed by atoms with Crippen molar-refractivity contribution >= 4 is 15.7 Å². The van der Waals surface area contributed by atoms with Crippen LogP contribution in [0.4, 0.5) is 5.82 Å². The molecule has 1 aromatic heterocycles. The Balaban J connectivity index is 2.00. The zero-order valence-corrected chi connectivity index (χ0v) is 10.9. The molecule has 0 aromatic carbocycles. The van der Waals surface area contributed by atoms with Crippen LogP contribution in [0.2, 0.25) is 0 Å². The fourth-order valence-corrected chi connectivity index (χ4v) is 3.35. The fourth-order valence-electron chi connectivity index (χ4n) is 1.85. The second kappa shape index (κ2) is 4.60. The number of sulfone groups is 1. The van der Waals surface area contributed by atoms with E-state index in [9.17, 15) is 8.42 Å². The van der Waals surface area contributed by atoms with Gasteiger partial charge in [-0.25, -0.2) is 13.4 Å². The summed E-state index contributed by atoms with van der Waals surface area (Å²) in [6, 6.07) is 0.190. The molecule has 1 aliphatic rings. The molecule has 1 aromatic rings. The van der Waals surface area contributed by atoms with Crippen molar-refractivity contribution in [2.75, 3.05) is 16.8 Å². The van der Waals surface area contributed by atoms with Crippen LogP contribution < -0.4 is 5.32 Å². The van der Waals surface area contributed by atoms with Crippen LogP contribution in [0, 0.1) is 13.8 Å². The van der Waals surface area contributed by atoms with Crippen molar-refractivity contribution < 1.29 is 8.42 Å². The van der Waals surface area contributed by atoms with E-state index in [1.807, 2.05) is 13.8 Å². The summed E-state index contributed by atoms with van der Waals surface area (Å²) in [4.78, 5) is 8.61. The van der Waals surface area contributed by atoms with Gasteiger partial charge in [-0.15, -0.1) is 0 Å². The van der Waals surface area contributed by atoms with Crippen molar-refractivity contribution in [3.05, 3.63) is 17.6 Å². The number of nitrogens with one attached hydrogen (secondary N) is 1. The van der Waals surface area contributed by atoms with Gasteiger partial charge in [-0.3, -0.25) is 4.98 Å². The summed E-state index contributed by atoms with van der Waals surface area (Å²) in [6.07, 6.45) is 3.00. The Kier molecular flexibility index (Phi) is 3.33. The molecule has 1 N–H and O–H groups in total. The average Bonchev–Trinajstić information content (AvgIpc) is 2.27. The largest absolute Gasteiger partial charge is 0.366 e. The van der Waals surface area contributed by atoms with E-state index in [-0.39, 0.29) is 17.5 Å². The van der Waals surface area contributed by atoms with E-state index < -0.39 is 9.84 Å². The van der Waals surface area contributed by atoms with Crippen LogP contribution in [-0.2, 0) is 9.84 Å². The zero-order chi connectivity index (χ0) is 12.5. The fraction of sp³-hybridized carbons (Fsp3) is 0.636. The number of hydrogen-bond acceptors (Lipinski definition) is 5. The van der Waals surface area contributed by atoms with E-state index in [1.165, 1.54) is 0 Å². The van der Waals surface area contributed by atoms with Crippen LogP contribution in [0.15, 0.2) is 6.20 Å². The van der Waals surface area contributed by atoms with Crippen molar-refractivity contribution in [3.8, 4) is 0 Å². The highest BCUT2D eigenvalue weighted by Crippen LogP contribution is 2.16. The topological polar surface area (TPSA) is 72.0 Å². The third-order valence-electron chi connectivity index (χ3n) is 3.10. The molecule has 5 nitrogen and oxygen atoms in total. The third kappa shape index (κ3) is 3.15. The number of nitrogens with zero attached hydrogens (tertiary/aromatic N) is 2. The van der Waals surface area contributed by atoms with E-state index in [2.05, 4.69) is 15.3 Å². The number of hydrogen-bond donors (Lipinski definition) is 1. The first-order valence-electron chi connectivity index (χ1n) is 5.73. The van der Waals surface area contributed by atoms with Crippen LogP contribution in [0.3, 0.4) is 0 Å². The monoisotopic (exact) mass is 255 g/mol. The van der Waals surface area contributed by atoms with Crippen LogP contribution in [0.1, 0.15) is 24.2 Å². The van der Waals surface area contributed by atoms with E-state index in [0.717, 1.165) is 17.2 Å². The number of rotatable bonds is 2. The van der Waals surface area contributed by atoms with E-state index in [1.54, 1.807) is 6.20 Å². The predicted molar refractivity (Wildman–Crippen MR) is 66.8 cm³/mol. The molecule has 2 heterocycles. The Morgan fingerprint density at radius 1 is 1.24 bits per heavy atom. The molecule has 0 unspecified atom stereocenters. The highest BCUT2D eigenvalue weighted by molar-refractivity contribution is 7.91. The Morgan fingerprint density at radius 3 is 2.47 bits per heavy atom. The summed E-state index contributed by atoms with van der Waals surface area (Å²) < 4.78 is 22.6. The Labute approximate surface area is 102 Å². The van der Waals surface area contributed by atoms with E-state index >= 15 is 0 Å². The van der Waals surface area contributed by atoms with Gasteiger partial charge in [0, 0.05) is 6.04 Å². The maximum absolute atomic E-state index is 11.3. The molecule has 0 aliphatic carbocycles. The minimum absolute atomic E-state index is 0.190. The molecule has 2 rings (SSSR count). The zero-order valence-electron chi connectivity index (χ0n) is 10.1. The molecule has 1 aliphatic heterocycles. The van der Waals surface area contributed by atoms with Gasteiger partial charge >= 0.3 is 0 Å². The predicted octanol–water partition coefficient (Wildman–Crippen LogP) is 1.08. The van der Waals surface area contributed by atoms with Crippen LogP contribution in [-0.4, -0.2) is 35.9 Å².